The average molecular weight is 237 g/mol. The average Bonchev–Trinajstić information content (AvgIpc) is 2.37. The molecule has 1 saturated heterocycles. The summed E-state index contributed by atoms with van der Waals surface area (Å²) in [6.45, 7) is 2.92. The van der Waals surface area contributed by atoms with E-state index in [0.717, 1.165) is 31.6 Å². The molecule has 0 bridgehead atoms. The monoisotopic (exact) mass is 237 g/mol. The molecule has 4 N–H and O–H groups in total. The van der Waals surface area contributed by atoms with Gasteiger partial charge in [0.05, 0.1) is 12.6 Å². The Labute approximate surface area is 101 Å². The molecule has 0 spiro atoms. The highest BCUT2D eigenvalue weighted by molar-refractivity contribution is 5.49. The number of aliphatic hydroxyl groups is 1. The zero-order valence-corrected chi connectivity index (χ0v) is 10.1. The fourth-order valence-electron chi connectivity index (χ4n) is 2.26. The molecule has 1 aliphatic rings. The third kappa shape index (κ3) is 2.65. The van der Waals surface area contributed by atoms with Gasteiger partial charge in [-0.3, -0.25) is 0 Å². The molecule has 0 aromatic carbocycles. The summed E-state index contributed by atoms with van der Waals surface area (Å²) in [5, 5.41) is 9.39. The number of hydrazine groups is 1. The Morgan fingerprint density at radius 1 is 1.53 bits per heavy atom. The molecule has 94 valence electrons. The Balaban J connectivity index is 2.27. The molecule has 1 fully saturated rings. The topological polar surface area (TPSA) is 87.3 Å². The van der Waals surface area contributed by atoms with E-state index < -0.39 is 0 Å². The summed E-state index contributed by atoms with van der Waals surface area (Å²) in [6, 6.07) is 1.98. The third-order valence-electron chi connectivity index (χ3n) is 3.10. The lowest BCUT2D eigenvalue weighted by Gasteiger charge is -2.35. The number of piperidine rings is 1. The van der Waals surface area contributed by atoms with Gasteiger partial charge in [-0.25, -0.2) is 15.8 Å². The minimum absolute atomic E-state index is 0.156. The number of aromatic nitrogens is 2. The summed E-state index contributed by atoms with van der Waals surface area (Å²) >= 11 is 0. The fourth-order valence-corrected chi connectivity index (χ4v) is 2.26. The van der Waals surface area contributed by atoms with Crippen molar-refractivity contribution in [2.75, 3.05) is 23.5 Å². The zero-order valence-electron chi connectivity index (χ0n) is 10.1. The molecule has 2 heterocycles. The number of rotatable bonds is 3. The predicted molar refractivity (Wildman–Crippen MR) is 66.6 cm³/mol. The molecular formula is C11H19N5O. The molecule has 6 nitrogen and oxygen atoms in total. The first-order valence-electron chi connectivity index (χ1n) is 5.94. The SMILES string of the molecule is Cc1nc(NN)cc(N2CCCCC2CO)n1. The molecule has 1 aliphatic heterocycles. The Bertz CT molecular complexity index is 384. The van der Waals surface area contributed by atoms with Crippen LogP contribution in [0, 0.1) is 6.92 Å². The van der Waals surface area contributed by atoms with Crippen molar-refractivity contribution in [1.82, 2.24) is 9.97 Å². The van der Waals surface area contributed by atoms with Crippen LogP contribution in [0.5, 0.6) is 0 Å². The van der Waals surface area contributed by atoms with Crippen LogP contribution >= 0.6 is 0 Å². The summed E-state index contributed by atoms with van der Waals surface area (Å²) in [7, 11) is 0. The first kappa shape index (κ1) is 12.1. The molecule has 1 atom stereocenters. The van der Waals surface area contributed by atoms with Crippen molar-refractivity contribution >= 4 is 11.6 Å². The normalized spacial score (nSPS) is 20.4. The largest absolute Gasteiger partial charge is 0.394 e. The second kappa shape index (κ2) is 5.29. The van der Waals surface area contributed by atoms with Crippen molar-refractivity contribution in [3.63, 3.8) is 0 Å². The van der Waals surface area contributed by atoms with Gasteiger partial charge in [0.1, 0.15) is 17.5 Å². The second-order valence-corrected chi connectivity index (χ2v) is 4.33. The lowest BCUT2D eigenvalue weighted by Crippen LogP contribution is -2.42. The summed E-state index contributed by atoms with van der Waals surface area (Å²) in [5.41, 5.74) is 2.54. The molecular weight excluding hydrogens is 218 g/mol. The number of nitrogens with one attached hydrogen (secondary N) is 1. The lowest BCUT2D eigenvalue weighted by atomic mass is 10.0. The van der Waals surface area contributed by atoms with E-state index in [4.69, 9.17) is 5.84 Å². The minimum atomic E-state index is 0.156. The fraction of sp³-hybridized carbons (Fsp3) is 0.636. The number of hydrogen-bond acceptors (Lipinski definition) is 6. The van der Waals surface area contributed by atoms with Crippen molar-refractivity contribution in [2.45, 2.75) is 32.2 Å². The third-order valence-corrected chi connectivity index (χ3v) is 3.10. The van der Waals surface area contributed by atoms with Gasteiger partial charge < -0.3 is 15.4 Å². The smallest absolute Gasteiger partial charge is 0.145 e. The van der Waals surface area contributed by atoms with Crippen LogP contribution in [0.3, 0.4) is 0 Å². The van der Waals surface area contributed by atoms with Gasteiger partial charge in [0.25, 0.3) is 0 Å². The predicted octanol–water partition coefficient (Wildman–Crippen LogP) is 0.422. The Hall–Kier alpha value is -1.40. The molecule has 0 amide bonds. The van der Waals surface area contributed by atoms with Crippen molar-refractivity contribution in [3.05, 3.63) is 11.9 Å². The van der Waals surface area contributed by atoms with Crippen LogP contribution in [0.25, 0.3) is 0 Å². The molecule has 0 radical (unpaired) electrons. The number of aliphatic hydroxyl groups excluding tert-OH is 1. The maximum atomic E-state index is 9.39. The van der Waals surface area contributed by atoms with E-state index in [1.807, 2.05) is 13.0 Å². The molecule has 0 aliphatic carbocycles. The van der Waals surface area contributed by atoms with Crippen molar-refractivity contribution in [1.29, 1.82) is 0 Å². The lowest BCUT2D eigenvalue weighted by molar-refractivity contribution is 0.239. The molecule has 6 heteroatoms. The number of nitrogens with zero attached hydrogens (tertiary/aromatic N) is 3. The highest BCUT2D eigenvalue weighted by Gasteiger charge is 2.23. The van der Waals surface area contributed by atoms with E-state index in [9.17, 15) is 5.11 Å². The van der Waals surface area contributed by atoms with Gasteiger partial charge in [0.2, 0.25) is 0 Å². The Morgan fingerprint density at radius 3 is 3.06 bits per heavy atom. The second-order valence-electron chi connectivity index (χ2n) is 4.33. The van der Waals surface area contributed by atoms with Crippen LogP contribution < -0.4 is 16.2 Å². The van der Waals surface area contributed by atoms with Crippen LogP contribution in [0.2, 0.25) is 0 Å². The van der Waals surface area contributed by atoms with E-state index in [1.54, 1.807) is 0 Å². The van der Waals surface area contributed by atoms with Crippen molar-refractivity contribution in [3.8, 4) is 0 Å². The molecule has 2 rings (SSSR count). The van der Waals surface area contributed by atoms with Gasteiger partial charge in [-0.1, -0.05) is 0 Å². The summed E-state index contributed by atoms with van der Waals surface area (Å²) < 4.78 is 0. The van der Waals surface area contributed by atoms with E-state index in [0.29, 0.717) is 11.6 Å². The Kier molecular flexibility index (Phi) is 3.75. The van der Waals surface area contributed by atoms with Crippen molar-refractivity contribution < 1.29 is 5.11 Å². The first-order chi connectivity index (χ1) is 8.24. The highest BCUT2D eigenvalue weighted by Crippen LogP contribution is 2.24. The maximum absolute atomic E-state index is 9.39. The molecule has 1 aromatic heterocycles. The van der Waals surface area contributed by atoms with Gasteiger partial charge >= 0.3 is 0 Å². The Morgan fingerprint density at radius 2 is 2.35 bits per heavy atom. The number of nitrogen functional groups attached to an aromatic ring is 1. The number of hydrogen-bond donors (Lipinski definition) is 3. The molecule has 1 unspecified atom stereocenters. The van der Waals surface area contributed by atoms with E-state index >= 15 is 0 Å². The van der Waals surface area contributed by atoms with Gasteiger partial charge in [0.15, 0.2) is 0 Å². The number of aryl methyl sites for hydroxylation is 1. The summed E-state index contributed by atoms with van der Waals surface area (Å²) in [5.74, 6) is 7.50. The molecule has 0 saturated carbocycles. The van der Waals surface area contributed by atoms with Crippen LogP contribution in [-0.2, 0) is 0 Å². The summed E-state index contributed by atoms with van der Waals surface area (Å²) in [6.07, 6.45) is 3.30. The first-order valence-corrected chi connectivity index (χ1v) is 5.94. The van der Waals surface area contributed by atoms with Crippen LogP contribution in [-0.4, -0.2) is 34.3 Å². The highest BCUT2D eigenvalue weighted by atomic mass is 16.3. The minimum Gasteiger partial charge on any atom is -0.394 e. The van der Waals surface area contributed by atoms with Crippen LogP contribution in [0.1, 0.15) is 25.1 Å². The van der Waals surface area contributed by atoms with Gasteiger partial charge in [-0.15, -0.1) is 0 Å². The molecule has 1 aromatic rings. The summed E-state index contributed by atoms with van der Waals surface area (Å²) in [4.78, 5) is 10.7. The maximum Gasteiger partial charge on any atom is 0.145 e. The number of anilines is 2. The van der Waals surface area contributed by atoms with Crippen LogP contribution in [0.4, 0.5) is 11.6 Å². The van der Waals surface area contributed by atoms with Gasteiger partial charge in [0, 0.05) is 12.6 Å². The van der Waals surface area contributed by atoms with E-state index in [-0.39, 0.29) is 12.6 Å². The number of nitrogens with two attached hydrogens (primary N) is 1. The quantitative estimate of drug-likeness (QED) is 0.522. The van der Waals surface area contributed by atoms with E-state index in [2.05, 4.69) is 20.3 Å². The zero-order chi connectivity index (χ0) is 12.3. The molecule has 17 heavy (non-hydrogen) atoms. The van der Waals surface area contributed by atoms with Crippen molar-refractivity contribution in [2.24, 2.45) is 5.84 Å². The van der Waals surface area contributed by atoms with Gasteiger partial charge in [-0.05, 0) is 26.2 Å². The van der Waals surface area contributed by atoms with Gasteiger partial charge in [-0.2, -0.15) is 0 Å². The van der Waals surface area contributed by atoms with E-state index in [1.165, 1.54) is 0 Å². The standard InChI is InChI=1S/C11H19N5O/c1-8-13-10(15-12)6-11(14-8)16-5-3-2-4-9(16)7-17/h6,9,17H,2-5,7,12H2,1H3,(H,13,14,15). The van der Waals surface area contributed by atoms with Crippen LogP contribution in [0.15, 0.2) is 6.07 Å².